The standard InChI is InChI=1S/C13H25N3/c1-5-15-13(4,11-14)8-10-16-9-6-7-12(16,2)3/h15H,5-10H2,1-4H3. The van der Waals surface area contributed by atoms with Gasteiger partial charge in [-0.3, -0.25) is 10.2 Å². The first-order chi connectivity index (χ1) is 7.43. The van der Waals surface area contributed by atoms with Crippen LogP contribution in [0.2, 0.25) is 0 Å². The van der Waals surface area contributed by atoms with Crippen LogP contribution in [0.15, 0.2) is 0 Å². The molecular formula is C13H25N3. The minimum absolute atomic E-state index is 0.322. The molecule has 3 nitrogen and oxygen atoms in total. The summed E-state index contributed by atoms with van der Waals surface area (Å²) in [5.41, 5.74) is -0.0456. The molecule has 1 unspecified atom stereocenters. The predicted octanol–water partition coefficient (Wildman–Crippen LogP) is 2.14. The molecular weight excluding hydrogens is 198 g/mol. The summed E-state index contributed by atoms with van der Waals surface area (Å²) in [6.07, 6.45) is 3.47. The van der Waals surface area contributed by atoms with E-state index >= 15 is 0 Å². The lowest BCUT2D eigenvalue weighted by atomic mass is 9.97. The van der Waals surface area contributed by atoms with Crippen LogP contribution in [-0.4, -0.2) is 35.6 Å². The van der Waals surface area contributed by atoms with Gasteiger partial charge in [-0.05, 0) is 53.1 Å². The van der Waals surface area contributed by atoms with Gasteiger partial charge in [-0.15, -0.1) is 0 Å². The Morgan fingerprint density at radius 3 is 2.62 bits per heavy atom. The van der Waals surface area contributed by atoms with Gasteiger partial charge in [0.1, 0.15) is 5.54 Å². The Kier molecular flexibility index (Phi) is 4.35. The minimum atomic E-state index is -0.368. The largest absolute Gasteiger partial charge is 0.300 e. The maximum atomic E-state index is 9.19. The van der Waals surface area contributed by atoms with E-state index in [0.717, 1.165) is 19.5 Å². The highest BCUT2D eigenvalue weighted by Crippen LogP contribution is 2.28. The molecule has 1 aliphatic heterocycles. The second-order valence-corrected chi connectivity index (χ2v) is 5.63. The van der Waals surface area contributed by atoms with E-state index in [2.05, 4.69) is 37.1 Å². The molecule has 3 heteroatoms. The van der Waals surface area contributed by atoms with E-state index in [-0.39, 0.29) is 5.54 Å². The average Bonchev–Trinajstić information content (AvgIpc) is 2.55. The molecule has 0 bridgehead atoms. The van der Waals surface area contributed by atoms with Crippen LogP contribution in [0.25, 0.3) is 0 Å². The topological polar surface area (TPSA) is 39.1 Å². The van der Waals surface area contributed by atoms with Gasteiger partial charge in [0.05, 0.1) is 6.07 Å². The highest BCUT2D eigenvalue weighted by atomic mass is 15.2. The van der Waals surface area contributed by atoms with Crippen molar-refractivity contribution in [3.05, 3.63) is 0 Å². The van der Waals surface area contributed by atoms with Crippen molar-refractivity contribution in [1.29, 1.82) is 5.26 Å². The lowest BCUT2D eigenvalue weighted by Crippen LogP contribution is -2.46. The maximum absolute atomic E-state index is 9.19. The van der Waals surface area contributed by atoms with E-state index in [0.29, 0.717) is 5.54 Å². The summed E-state index contributed by atoms with van der Waals surface area (Å²) >= 11 is 0. The van der Waals surface area contributed by atoms with Crippen LogP contribution in [0.3, 0.4) is 0 Å². The van der Waals surface area contributed by atoms with Crippen molar-refractivity contribution >= 4 is 0 Å². The molecule has 0 saturated carbocycles. The normalized spacial score (nSPS) is 23.9. The van der Waals surface area contributed by atoms with Gasteiger partial charge >= 0.3 is 0 Å². The Morgan fingerprint density at radius 2 is 2.19 bits per heavy atom. The summed E-state index contributed by atoms with van der Waals surface area (Å²) in [4.78, 5) is 2.51. The molecule has 0 amide bonds. The van der Waals surface area contributed by atoms with E-state index < -0.39 is 0 Å². The van der Waals surface area contributed by atoms with Crippen molar-refractivity contribution in [2.45, 2.75) is 58.0 Å². The van der Waals surface area contributed by atoms with Gasteiger partial charge in [0, 0.05) is 12.1 Å². The average molecular weight is 223 g/mol. The van der Waals surface area contributed by atoms with Crippen molar-refractivity contribution in [2.24, 2.45) is 0 Å². The second kappa shape index (κ2) is 5.16. The molecule has 0 spiro atoms. The summed E-state index contributed by atoms with van der Waals surface area (Å²) in [5, 5.41) is 12.5. The van der Waals surface area contributed by atoms with Gasteiger partial charge in [0.15, 0.2) is 0 Å². The van der Waals surface area contributed by atoms with E-state index in [4.69, 9.17) is 0 Å². The van der Waals surface area contributed by atoms with E-state index in [1.807, 2.05) is 6.92 Å². The van der Waals surface area contributed by atoms with Crippen LogP contribution in [0.1, 0.15) is 47.0 Å². The monoisotopic (exact) mass is 223 g/mol. The summed E-state index contributed by atoms with van der Waals surface area (Å²) in [7, 11) is 0. The van der Waals surface area contributed by atoms with Gasteiger partial charge in [-0.2, -0.15) is 5.26 Å². The molecule has 0 aliphatic carbocycles. The van der Waals surface area contributed by atoms with Crippen LogP contribution in [0.4, 0.5) is 0 Å². The summed E-state index contributed by atoms with van der Waals surface area (Å²) in [6, 6.07) is 2.39. The Labute approximate surface area is 99.8 Å². The molecule has 1 fully saturated rings. The van der Waals surface area contributed by atoms with Crippen LogP contribution in [0, 0.1) is 11.3 Å². The third-order valence-electron chi connectivity index (χ3n) is 3.77. The van der Waals surface area contributed by atoms with Crippen molar-refractivity contribution in [1.82, 2.24) is 10.2 Å². The Hall–Kier alpha value is -0.590. The summed E-state index contributed by atoms with van der Waals surface area (Å²) in [5.74, 6) is 0. The molecule has 0 radical (unpaired) electrons. The Balaban J connectivity index is 2.47. The van der Waals surface area contributed by atoms with Crippen LogP contribution >= 0.6 is 0 Å². The zero-order chi connectivity index (χ0) is 12.2. The maximum Gasteiger partial charge on any atom is 0.105 e. The molecule has 0 aromatic carbocycles. The lowest BCUT2D eigenvalue weighted by Gasteiger charge is -2.34. The summed E-state index contributed by atoms with van der Waals surface area (Å²) < 4.78 is 0. The van der Waals surface area contributed by atoms with E-state index in [9.17, 15) is 5.26 Å². The molecule has 0 aromatic rings. The van der Waals surface area contributed by atoms with Gasteiger partial charge in [0.25, 0.3) is 0 Å². The molecule has 1 atom stereocenters. The lowest BCUT2D eigenvalue weighted by molar-refractivity contribution is 0.161. The number of nitrogens with one attached hydrogen (secondary N) is 1. The molecule has 1 N–H and O–H groups in total. The van der Waals surface area contributed by atoms with Gasteiger partial charge < -0.3 is 0 Å². The number of rotatable bonds is 5. The second-order valence-electron chi connectivity index (χ2n) is 5.63. The smallest absolute Gasteiger partial charge is 0.105 e. The first-order valence-electron chi connectivity index (χ1n) is 6.35. The molecule has 92 valence electrons. The van der Waals surface area contributed by atoms with E-state index in [1.54, 1.807) is 0 Å². The van der Waals surface area contributed by atoms with Crippen LogP contribution in [-0.2, 0) is 0 Å². The molecule has 1 saturated heterocycles. The Bertz CT molecular complexity index is 267. The van der Waals surface area contributed by atoms with E-state index in [1.165, 1.54) is 19.4 Å². The zero-order valence-corrected chi connectivity index (χ0v) is 11.1. The number of likely N-dealkylation sites (tertiary alicyclic amines) is 1. The number of hydrogen-bond donors (Lipinski definition) is 1. The fourth-order valence-corrected chi connectivity index (χ4v) is 2.51. The van der Waals surface area contributed by atoms with Crippen molar-refractivity contribution in [3.8, 4) is 6.07 Å². The zero-order valence-electron chi connectivity index (χ0n) is 11.1. The highest BCUT2D eigenvalue weighted by molar-refractivity contribution is 5.04. The third kappa shape index (κ3) is 3.20. The molecule has 1 heterocycles. The third-order valence-corrected chi connectivity index (χ3v) is 3.77. The van der Waals surface area contributed by atoms with Gasteiger partial charge in [-0.25, -0.2) is 0 Å². The molecule has 0 aromatic heterocycles. The number of hydrogen-bond acceptors (Lipinski definition) is 3. The fourth-order valence-electron chi connectivity index (χ4n) is 2.51. The SMILES string of the molecule is CCNC(C)(C#N)CCN1CCCC1(C)C. The quantitative estimate of drug-likeness (QED) is 0.776. The molecule has 1 aliphatic rings. The van der Waals surface area contributed by atoms with Crippen LogP contribution in [0.5, 0.6) is 0 Å². The molecule has 1 rings (SSSR count). The predicted molar refractivity (Wildman–Crippen MR) is 67.2 cm³/mol. The van der Waals surface area contributed by atoms with Gasteiger partial charge in [-0.1, -0.05) is 6.92 Å². The highest BCUT2D eigenvalue weighted by Gasteiger charge is 2.33. The van der Waals surface area contributed by atoms with Crippen molar-refractivity contribution in [2.75, 3.05) is 19.6 Å². The van der Waals surface area contributed by atoms with Crippen LogP contribution < -0.4 is 5.32 Å². The number of nitrogens with zero attached hydrogens (tertiary/aromatic N) is 2. The fraction of sp³-hybridized carbons (Fsp3) is 0.923. The number of nitriles is 1. The van der Waals surface area contributed by atoms with Crippen molar-refractivity contribution < 1.29 is 0 Å². The first kappa shape index (κ1) is 13.5. The van der Waals surface area contributed by atoms with Crippen molar-refractivity contribution in [3.63, 3.8) is 0 Å². The van der Waals surface area contributed by atoms with Gasteiger partial charge in [0.2, 0.25) is 0 Å². The first-order valence-corrected chi connectivity index (χ1v) is 6.35. The Morgan fingerprint density at radius 1 is 1.50 bits per heavy atom. The minimum Gasteiger partial charge on any atom is -0.300 e. The molecule has 16 heavy (non-hydrogen) atoms. The summed E-state index contributed by atoms with van der Waals surface area (Å²) in [6.45, 7) is 11.7.